The Morgan fingerprint density at radius 2 is 1.79 bits per heavy atom. The number of esters is 1. The van der Waals surface area contributed by atoms with Crippen molar-refractivity contribution in [2.24, 2.45) is 5.92 Å². The van der Waals surface area contributed by atoms with E-state index in [2.05, 4.69) is 12.2 Å². The molecule has 0 unspecified atom stereocenters. The number of nitrogens with one attached hydrogen (secondary N) is 1. The largest absolute Gasteiger partial charge is 0.494 e. The number of carbonyl (C=O) groups is 2. The lowest BCUT2D eigenvalue weighted by Gasteiger charge is -2.32. The summed E-state index contributed by atoms with van der Waals surface area (Å²) in [5.41, 5.74) is 0.534. The third-order valence-electron chi connectivity index (χ3n) is 5.01. The summed E-state index contributed by atoms with van der Waals surface area (Å²) in [4.78, 5) is 26.2. The van der Waals surface area contributed by atoms with E-state index in [0.717, 1.165) is 12.2 Å². The first-order valence-corrected chi connectivity index (χ1v) is 11.0. The average molecular weight is 421 g/mol. The van der Waals surface area contributed by atoms with Crippen LogP contribution >= 0.6 is 12.2 Å². The lowest BCUT2D eigenvalue weighted by molar-refractivity contribution is -0.149. The van der Waals surface area contributed by atoms with Crippen LogP contribution in [0.4, 0.5) is 0 Å². The summed E-state index contributed by atoms with van der Waals surface area (Å²) in [6.45, 7) is 6.35. The number of hydrogen-bond acceptors (Lipinski definition) is 5. The molecule has 1 saturated heterocycles. The number of benzene rings is 1. The number of ether oxygens (including phenoxy) is 2. The Hall–Kier alpha value is -2.15. The van der Waals surface area contributed by atoms with Gasteiger partial charge in [0.1, 0.15) is 5.75 Å². The van der Waals surface area contributed by atoms with Gasteiger partial charge in [0.05, 0.1) is 19.1 Å². The number of unbranched alkanes of at least 4 members (excludes halogenated alkanes) is 3. The first kappa shape index (κ1) is 23.1. The molecule has 1 aromatic carbocycles. The van der Waals surface area contributed by atoms with Crippen LogP contribution in [0.5, 0.6) is 5.75 Å². The molecule has 1 fully saturated rings. The standard InChI is InChI=1S/C22H32N2O4S/c1-3-5-6-7-16-28-19-10-8-17(9-11-19)20(25)23-22(29)24-14-12-18(13-15-24)21(26)27-4-2/h8-11,18H,3-7,12-16H2,1-2H3,(H,23,25,29). The lowest BCUT2D eigenvalue weighted by atomic mass is 9.97. The Bertz CT molecular complexity index is 670. The van der Waals surface area contributed by atoms with E-state index in [9.17, 15) is 9.59 Å². The van der Waals surface area contributed by atoms with Gasteiger partial charge in [0, 0.05) is 18.7 Å². The fraction of sp³-hybridized carbons (Fsp3) is 0.591. The predicted octanol–water partition coefficient (Wildman–Crippen LogP) is 3.94. The van der Waals surface area contributed by atoms with Gasteiger partial charge in [0.15, 0.2) is 5.11 Å². The summed E-state index contributed by atoms with van der Waals surface area (Å²) in [7, 11) is 0. The first-order chi connectivity index (χ1) is 14.0. The predicted molar refractivity (Wildman–Crippen MR) is 117 cm³/mol. The van der Waals surface area contributed by atoms with Gasteiger partial charge in [-0.2, -0.15) is 0 Å². The molecule has 0 saturated carbocycles. The van der Waals surface area contributed by atoms with Crippen molar-refractivity contribution in [2.45, 2.75) is 52.4 Å². The van der Waals surface area contributed by atoms with E-state index in [1.165, 1.54) is 19.3 Å². The van der Waals surface area contributed by atoms with E-state index in [1.807, 2.05) is 24.0 Å². The molecular formula is C22H32N2O4S. The summed E-state index contributed by atoms with van der Waals surface area (Å²) in [5.74, 6) is 0.299. The third kappa shape index (κ3) is 7.65. The number of carbonyl (C=O) groups excluding carboxylic acids is 2. The van der Waals surface area contributed by atoms with Crippen LogP contribution in [0.2, 0.25) is 0 Å². The fourth-order valence-electron chi connectivity index (χ4n) is 3.25. The Balaban J connectivity index is 1.75. The Kier molecular flexibility index (Phi) is 9.91. The second kappa shape index (κ2) is 12.4. The summed E-state index contributed by atoms with van der Waals surface area (Å²) < 4.78 is 10.8. The molecule has 0 spiro atoms. The molecule has 1 amide bonds. The Labute approximate surface area is 178 Å². The highest BCUT2D eigenvalue weighted by Crippen LogP contribution is 2.19. The monoisotopic (exact) mass is 420 g/mol. The van der Waals surface area contributed by atoms with Crippen molar-refractivity contribution < 1.29 is 19.1 Å². The molecular weight excluding hydrogens is 388 g/mol. The smallest absolute Gasteiger partial charge is 0.309 e. The third-order valence-corrected chi connectivity index (χ3v) is 5.37. The number of rotatable bonds is 9. The maximum absolute atomic E-state index is 12.5. The van der Waals surface area contributed by atoms with Crippen molar-refractivity contribution in [1.29, 1.82) is 0 Å². The molecule has 0 aliphatic carbocycles. The van der Waals surface area contributed by atoms with Crippen LogP contribution in [0.3, 0.4) is 0 Å². The minimum atomic E-state index is -0.239. The van der Waals surface area contributed by atoms with Crippen LogP contribution in [0, 0.1) is 5.92 Å². The molecule has 1 aliphatic heterocycles. The highest BCUT2D eigenvalue weighted by Gasteiger charge is 2.27. The van der Waals surface area contributed by atoms with Gasteiger partial charge in [-0.1, -0.05) is 26.2 Å². The van der Waals surface area contributed by atoms with Crippen molar-refractivity contribution in [3.05, 3.63) is 29.8 Å². The van der Waals surface area contributed by atoms with Crippen molar-refractivity contribution in [3.8, 4) is 5.75 Å². The van der Waals surface area contributed by atoms with Crippen LogP contribution in [-0.4, -0.2) is 48.2 Å². The molecule has 160 valence electrons. The van der Waals surface area contributed by atoms with Gasteiger partial charge in [-0.3, -0.25) is 14.9 Å². The van der Waals surface area contributed by atoms with Crippen molar-refractivity contribution in [3.63, 3.8) is 0 Å². The van der Waals surface area contributed by atoms with Gasteiger partial charge >= 0.3 is 5.97 Å². The molecule has 29 heavy (non-hydrogen) atoms. The average Bonchev–Trinajstić information content (AvgIpc) is 2.74. The molecule has 2 rings (SSSR count). The number of amides is 1. The van der Waals surface area contributed by atoms with Crippen molar-refractivity contribution in [2.75, 3.05) is 26.3 Å². The van der Waals surface area contributed by atoms with Gasteiger partial charge in [0.2, 0.25) is 0 Å². The molecule has 1 N–H and O–H groups in total. The quantitative estimate of drug-likeness (QED) is 0.371. The van der Waals surface area contributed by atoms with E-state index in [0.29, 0.717) is 49.8 Å². The van der Waals surface area contributed by atoms with Gasteiger partial charge in [0.25, 0.3) is 5.91 Å². The van der Waals surface area contributed by atoms with E-state index >= 15 is 0 Å². The molecule has 7 heteroatoms. The van der Waals surface area contributed by atoms with E-state index in [-0.39, 0.29) is 17.8 Å². The summed E-state index contributed by atoms with van der Waals surface area (Å²) in [6, 6.07) is 7.10. The zero-order chi connectivity index (χ0) is 21.1. The summed E-state index contributed by atoms with van der Waals surface area (Å²) in [6.07, 6.45) is 6.00. The van der Waals surface area contributed by atoms with Gasteiger partial charge in [-0.25, -0.2) is 0 Å². The van der Waals surface area contributed by atoms with Crippen LogP contribution < -0.4 is 10.1 Å². The van der Waals surface area contributed by atoms with Gasteiger partial charge < -0.3 is 14.4 Å². The van der Waals surface area contributed by atoms with Gasteiger partial charge in [-0.05, 0) is 62.7 Å². The molecule has 0 aromatic heterocycles. The summed E-state index contributed by atoms with van der Waals surface area (Å²) >= 11 is 5.38. The first-order valence-electron chi connectivity index (χ1n) is 10.5. The molecule has 1 aliphatic rings. The molecule has 0 radical (unpaired) electrons. The number of piperidine rings is 1. The zero-order valence-electron chi connectivity index (χ0n) is 17.4. The Morgan fingerprint density at radius 3 is 2.41 bits per heavy atom. The van der Waals surface area contributed by atoms with Crippen molar-refractivity contribution >= 4 is 29.2 Å². The molecule has 6 nitrogen and oxygen atoms in total. The van der Waals surface area contributed by atoms with E-state index in [4.69, 9.17) is 21.7 Å². The van der Waals surface area contributed by atoms with Gasteiger partial charge in [-0.15, -0.1) is 0 Å². The maximum atomic E-state index is 12.5. The number of hydrogen-bond donors (Lipinski definition) is 1. The lowest BCUT2D eigenvalue weighted by Crippen LogP contribution is -2.47. The van der Waals surface area contributed by atoms with Crippen LogP contribution in [0.25, 0.3) is 0 Å². The van der Waals surface area contributed by atoms with Crippen molar-refractivity contribution in [1.82, 2.24) is 10.2 Å². The highest BCUT2D eigenvalue weighted by atomic mass is 32.1. The fourth-order valence-corrected chi connectivity index (χ4v) is 3.52. The summed E-state index contributed by atoms with van der Waals surface area (Å²) in [5, 5.41) is 3.18. The molecule has 0 bridgehead atoms. The maximum Gasteiger partial charge on any atom is 0.309 e. The second-order valence-electron chi connectivity index (χ2n) is 7.21. The van der Waals surface area contributed by atoms with E-state index in [1.54, 1.807) is 12.1 Å². The molecule has 1 aromatic rings. The number of likely N-dealkylation sites (tertiary alicyclic amines) is 1. The minimum absolute atomic E-state index is 0.0841. The minimum Gasteiger partial charge on any atom is -0.494 e. The molecule has 0 atom stereocenters. The second-order valence-corrected chi connectivity index (χ2v) is 7.59. The SMILES string of the molecule is CCCCCCOc1ccc(C(=O)NC(=S)N2CCC(C(=O)OCC)CC2)cc1. The zero-order valence-corrected chi connectivity index (χ0v) is 18.3. The number of thiocarbonyl (C=S) groups is 1. The highest BCUT2D eigenvalue weighted by molar-refractivity contribution is 7.80. The number of nitrogens with zero attached hydrogens (tertiary/aromatic N) is 1. The normalized spacial score (nSPS) is 14.3. The van der Waals surface area contributed by atoms with Crippen LogP contribution in [0.1, 0.15) is 62.7 Å². The van der Waals surface area contributed by atoms with E-state index < -0.39 is 0 Å². The Morgan fingerprint density at radius 1 is 1.10 bits per heavy atom. The van der Waals surface area contributed by atoms with Crippen LogP contribution in [0.15, 0.2) is 24.3 Å². The van der Waals surface area contributed by atoms with Crippen LogP contribution in [-0.2, 0) is 9.53 Å². The molecule has 1 heterocycles. The topological polar surface area (TPSA) is 67.9 Å².